The topological polar surface area (TPSA) is 96.0 Å². The van der Waals surface area contributed by atoms with Gasteiger partial charge in [-0.1, -0.05) is 96.9 Å². The number of halogens is 1. The van der Waals surface area contributed by atoms with Gasteiger partial charge in [0.05, 0.1) is 17.7 Å². The zero-order chi connectivity index (χ0) is 33.3. The highest BCUT2D eigenvalue weighted by Gasteiger charge is 2.36. The Morgan fingerprint density at radius 2 is 1.54 bits per heavy atom. The summed E-state index contributed by atoms with van der Waals surface area (Å²) in [4.78, 5) is 30.1. The van der Waals surface area contributed by atoms with Crippen LogP contribution in [0.2, 0.25) is 5.02 Å². The minimum atomic E-state index is -4.29. The van der Waals surface area contributed by atoms with Crippen molar-refractivity contribution in [2.45, 2.75) is 57.1 Å². The van der Waals surface area contributed by atoms with Crippen LogP contribution in [0.15, 0.2) is 108 Å². The van der Waals surface area contributed by atoms with Crippen LogP contribution < -0.4 is 14.4 Å². The Morgan fingerprint density at radius 3 is 2.17 bits per heavy atom. The molecular weight excluding hydrogens is 622 g/mol. The lowest BCUT2D eigenvalue weighted by Crippen LogP contribution is -2.54. The van der Waals surface area contributed by atoms with Gasteiger partial charge in [0.25, 0.3) is 10.0 Å². The molecule has 0 heterocycles. The lowest BCUT2D eigenvalue weighted by Gasteiger charge is -2.34. The number of rotatable bonds is 14. The van der Waals surface area contributed by atoms with Gasteiger partial charge in [0, 0.05) is 24.0 Å². The Balaban J connectivity index is 1.85. The number of aryl methyl sites for hydroxylation is 1. The van der Waals surface area contributed by atoms with E-state index in [1.165, 1.54) is 30.2 Å². The molecule has 8 nitrogen and oxygen atoms in total. The zero-order valence-corrected chi connectivity index (χ0v) is 28.1. The first-order chi connectivity index (χ1) is 22.0. The summed E-state index contributed by atoms with van der Waals surface area (Å²) in [6, 6.07) is 28.5. The van der Waals surface area contributed by atoms with E-state index in [9.17, 15) is 18.0 Å². The first-order valence-corrected chi connectivity index (χ1v) is 17.0. The molecule has 4 rings (SSSR count). The van der Waals surface area contributed by atoms with Gasteiger partial charge in [0.15, 0.2) is 0 Å². The molecule has 2 amide bonds. The number of hydrogen-bond acceptors (Lipinski definition) is 5. The monoisotopic (exact) mass is 661 g/mol. The van der Waals surface area contributed by atoms with Gasteiger partial charge in [-0.25, -0.2) is 8.42 Å². The zero-order valence-electron chi connectivity index (χ0n) is 26.5. The highest BCUT2D eigenvalue weighted by molar-refractivity contribution is 7.92. The fourth-order valence-corrected chi connectivity index (χ4v) is 6.70. The van der Waals surface area contributed by atoms with Crippen LogP contribution >= 0.6 is 11.6 Å². The van der Waals surface area contributed by atoms with E-state index in [-0.39, 0.29) is 46.3 Å². The second-order valence-corrected chi connectivity index (χ2v) is 13.5. The van der Waals surface area contributed by atoms with Crippen molar-refractivity contribution in [1.82, 2.24) is 10.2 Å². The van der Waals surface area contributed by atoms with E-state index >= 15 is 0 Å². The van der Waals surface area contributed by atoms with Crippen LogP contribution in [0.1, 0.15) is 37.0 Å². The number of nitrogens with one attached hydrogen (secondary N) is 1. The lowest BCUT2D eigenvalue weighted by atomic mass is 10.0. The van der Waals surface area contributed by atoms with Gasteiger partial charge in [-0.15, -0.1) is 0 Å². The molecule has 10 heteroatoms. The molecule has 242 valence electrons. The molecule has 0 bridgehead atoms. The quantitative estimate of drug-likeness (QED) is 0.169. The maximum absolute atomic E-state index is 14.6. The van der Waals surface area contributed by atoms with Crippen LogP contribution in [0.4, 0.5) is 5.69 Å². The molecular formula is C36H40ClN3O5S. The molecule has 0 aromatic heterocycles. The van der Waals surface area contributed by atoms with E-state index in [2.05, 4.69) is 5.32 Å². The first-order valence-electron chi connectivity index (χ1n) is 15.1. The van der Waals surface area contributed by atoms with Crippen LogP contribution in [0.5, 0.6) is 5.75 Å². The molecule has 0 fully saturated rings. The summed E-state index contributed by atoms with van der Waals surface area (Å²) in [5, 5.41) is 3.31. The predicted molar refractivity (Wildman–Crippen MR) is 183 cm³/mol. The Kier molecular flexibility index (Phi) is 11.8. The molecule has 0 aliphatic heterocycles. The average Bonchev–Trinajstić information content (AvgIpc) is 3.05. The van der Waals surface area contributed by atoms with E-state index in [0.29, 0.717) is 6.42 Å². The summed E-state index contributed by atoms with van der Waals surface area (Å²) in [5.74, 6) is -0.669. The number of carbonyl (C=O) groups excluding carboxylic acids is 2. The molecule has 0 aliphatic rings. The summed E-state index contributed by atoms with van der Waals surface area (Å²) in [6.07, 6.45) is 0.930. The van der Waals surface area contributed by atoms with E-state index < -0.39 is 28.5 Å². The predicted octanol–water partition coefficient (Wildman–Crippen LogP) is 6.41. The summed E-state index contributed by atoms with van der Waals surface area (Å²) >= 11 is 6.35. The maximum atomic E-state index is 14.6. The molecule has 4 aromatic rings. The normalized spacial score (nSPS) is 12.5. The first kappa shape index (κ1) is 34.5. The Bertz CT molecular complexity index is 1740. The van der Waals surface area contributed by atoms with E-state index in [1.54, 1.807) is 30.3 Å². The van der Waals surface area contributed by atoms with E-state index in [4.69, 9.17) is 16.3 Å². The molecule has 2 atom stereocenters. The van der Waals surface area contributed by atoms with E-state index in [1.807, 2.05) is 75.4 Å². The smallest absolute Gasteiger partial charge is 0.264 e. The molecule has 1 N–H and O–H groups in total. The van der Waals surface area contributed by atoms with Crippen molar-refractivity contribution >= 4 is 39.1 Å². The van der Waals surface area contributed by atoms with Gasteiger partial charge in [0.2, 0.25) is 11.8 Å². The number of amides is 2. The second kappa shape index (κ2) is 15.8. The average molecular weight is 662 g/mol. The van der Waals surface area contributed by atoms with Crippen molar-refractivity contribution in [1.29, 1.82) is 0 Å². The van der Waals surface area contributed by atoms with Crippen LogP contribution in [0, 0.1) is 6.92 Å². The minimum Gasteiger partial charge on any atom is -0.495 e. The number of sulfonamides is 1. The van der Waals surface area contributed by atoms with Crippen molar-refractivity contribution in [2.24, 2.45) is 0 Å². The second-order valence-electron chi connectivity index (χ2n) is 11.2. The van der Waals surface area contributed by atoms with Gasteiger partial charge < -0.3 is 15.0 Å². The summed E-state index contributed by atoms with van der Waals surface area (Å²) < 4.78 is 35.0. The van der Waals surface area contributed by atoms with Crippen LogP contribution in [0.25, 0.3) is 0 Å². The van der Waals surface area contributed by atoms with Crippen LogP contribution in [0.3, 0.4) is 0 Å². The van der Waals surface area contributed by atoms with Crippen molar-refractivity contribution in [3.8, 4) is 5.75 Å². The standard InChI is InChI=1S/C36H40ClN3O5S/c1-5-27(3)38-36(42)33(22-28-14-8-6-9-15-28)39(24-29-16-12-13-26(2)21-29)35(41)25-40(32-23-30(37)19-20-34(32)45-4)46(43,44)31-17-10-7-11-18-31/h6-21,23,27,33H,5,22,24-25H2,1-4H3,(H,38,42)/t27-,33+/m1/s1. The highest BCUT2D eigenvalue weighted by Crippen LogP contribution is 2.35. The molecule has 0 spiro atoms. The van der Waals surface area contributed by atoms with Crippen molar-refractivity contribution in [3.05, 3.63) is 125 Å². The third kappa shape index (κ3) is 8.68. The third-order valence-corrected chi connectivity index (χ3v) is 9.74. The maximum Gasteiger partial charge on any atom is 0.264 e. The molecule has 46 heavy (non-hydrogen) atoms. The molecule has 4 aromatic carbocycles. The number of nitrogens with zero attached hydrogens (tertiary/aromatic N) is 2. The third-order valence-electron chi connectivity index (χ3n) is 7.73. The van der Waals surface area contributed by atoms with Gasteiger partial charge >= 0.3 is 0 Å². The number of benzene rings is 4. The van der Waals surface area contributed by atoms with Gasteiger partial charge in [-0.2, -0.15) is 0 Å². The Morgan fingerprint density at radius 1 is 0.891 bits per heavy atom. The molecule has 0 radical (unpaired) electrons. The summed E-state index contributed by atoms with van der Waals surface area (Å²) in [7, 11) is -2.88. The van der Waals surface area contributed by atoms with Crippen molar-refractivity contribution < 1.29 is 22.7 Å². The molecule has 0 saturated heterocycles. The molecule has 0 saturated carbocycles. The van der Waals surface area contributed by atoms with Crippen molar-refractivity contribution in [3.63, 3.8) is 0 Å². The number of hydrogen-bond donors (Lipinski definition) is 1. The number of anilines is 1. The Labute approximate surface area is 277 Å². The fraction of sp³-hybridized carbons (Fsp3) is 0.278. The SMILES string of the molecule is CC[C@@H](C)NC(=O)[C@H](Cc1ccccc1)N(Cc1cccc(C)c1)C(=O)CN(c1cc(Cl)ccc1OC)S(=O)(=O)c1ccccc1. The molecule has 0 aliphatic carbocycles. The lowest BCUT2D eigenvalue weighted by molar-refractivity contribution is -0.140. The highest BCUT2D eigenvalue weighted by atomic mass is 35.5. The van der Waals surface area contributed by atoms with E-state index in [0.717, 1.165) is 21.0 Å². The summed E-state index contributed by atoms with van der Waals surface area (Å²) in [6.45, 7) is 5.30. The fourth-order valence-electron chi connectivity index (χ4n) is 5.09. The molecule has 0 unspecified atom stereocenters. The van der Waals surface area contributed by atoms with Crippen LogP contribution in [-0.4, -0.2) is 50.9 Å². The van der Waals surface area contributed by atoms with Gasteiger partial charge in [-0.05, 0) is 61.7 Å². The van der Waals surface area contributed by atoms with Crippen LogP contribution in [-0.2, 0) is 32.6 Å². The van der Waals surface area contributed by atoms with Gasteiger partial charge in [0.1, 0.15) is 18.3 Å². The number of ether oxygens (including phenoxy) is 1. The minimum absolute atomic E-state index is 0.00888. The summed E-state index contributed by atoms with van der Waals surface area (Å²) in [5.41, 5.74) is 2.76. The van der Waals surface area contributed by atoms with Gasteiger partial charge in [-0.3, -0.25) is 13.9 Å². The number of methoxy groups -OCH3 is 1. The number of carbonyl (C=O) groups is 2. The van der Waals surface area contributed by atoms with Crippen molar-refractivity contribution in [2.75, 3.05) is 18.0 Å². The largest absolute Gasteiger partial charge is 0.495 e. The Hall–Kier alpha value is -4.34.